The van der Waals surface area contributed by atoms with Crippen molar-refractivity contribution in [1.29, 1.82) is 0 Å². The topological polar surface area (TPSA) is 95.6 Å². The molecular weight excluding hydrogens is 614 g/mol. The molecule has 210 valence electrons. The minimum absolute atomic E-state index is 0.0981. The summed E-state index contributed by atoms with van der Waals surface area (Å²) in [7, 11) is 0. The average Bonchev–Trinajstić information content (AvgIpc) is 3.24. The maximum Gasteiger partial charge on any atom is 0.272 e. The number of carbonyl (C=O) groups is 4. The number of halogens is 1. The van der Waals surface area contributed by atoms with Gasteiger partial charge in [-0.05, 0) is 78.4 Å². The number of hydrogen-bond acceptors (Lipinski definition) is 5. The lowest BCUT2D eigenvalue weighted by molar-refractivity contribution is -0.113. The quantitative estimate of drug-likeness (QED) is 0.0878. The summed E-state index contributed by atoms with van der Waals surface area (Å²) in [4.78, 5) is 53.6. The van der Waals surface area contributed by atoms with Crippen molar-refractivity contribution in [2.24, 2.45) is 0 Å². The van der Waals surface area contributed by atoms with Crippen molar-refractivity contribution in [2.75, 3.05) is 17.6 Å². The summed E-state index contributed by atoms with van der Waals surface area (Å²) in [5, 5.41) is 5.63. The molecule has 1 heterocycles. The predicted molar refractivity (Wildman–Crippen MR) is 168 cm³/mol. The number of hydrogen-bond donors (Lipinski definition) is 2. The van der Waals surface area contributed by atoms with Crippen molar-refractivity contribution in [3.63, 3.8) is 0 Å². The van der Waals surface area contributed by atoms with E-state index >= 15 is 0 Å². The molecule has 0 saturated carbocycles. The van der Waals surface area contributed by atoms with Crippen LogP contribution in [-0.2, 0) is 4.79 Å². The highest BCUT2D eigenvalue weighted by Gasteiger charge is 2.34. The molecule has 5 rings (SSSR count). The van der Waals surface area contributed by atoms with E-state index in [0.29, 0.717) is 41.1 Å². The van der Waals surface area contributed by atoms with Crippen molar-refractivity contribution in [2.45, 2.75) is 11.3 Å². The smallest absolute Gasteiger partial charge is 0.272 e. The van der Waals surface area contributed by atoms with Gasteiger partial charge in [-0.15, -0.1) is 11.8 Å². The first-order valence-electron chi connectivity index (χ1n) is 13.2. The number of imide groups is 1. The third kappa shape index (κ3) is 7.05. The maximum absolute atomic E-state index is 13.4. The lowest BCUT2D eigenvalue weighted by Crippen LogP contribution is -2.31. The number of thioether (sulfide) groups is 1. The van der Waals surface area contributed by atoms with E-state index in [2.05, 4.69) is 26.6 Å². The highest BCUT2D eigenvalue weighted by atomic mass is 79.9. The Kier molecular flexibility index (Phi) is 9.31. The fourth-order valence-corrected chi connectivity index (χ4v) is 5.73. The zero-order valence-electron chi connectivity index (χ0n) is 22.4. The lowest BCUT2D eigenvalue weighted by Gasteiger charge is -2.14. The number of anilines is 1. The van der Waals surface area contributed by atoms with Gasteiger partial charge in [-0.2, -0.15) is 0 Å². The standard InChI is InChI=1S/C33H26BrN3O4S/c34-24-12-6-9-22(19-24)20-29(36-30(38)23-10-2-1-3-11-23)31(39)35-25-13-7-14-26(21-25)42-18-8-17-37-32(40)27-15-4-5-16-28(27)33(37)41/h1-7,9-16,19-21H,8,17-18H2,(H,35,39)(H,36,38)/b29-20+. The Morgan fingerprint density at radius 1 is 0.810 bits per heavy atom. The lowest BCUT2D eigenvalue weighted by atomic mass is 10.1. The van der Waals surface area contributed by atoms with Crippen molar-refractivity contribution in [1.82, 2.24) is 10.2 Å². The molecule has 0 aliphatic carbocycles. The van der Waals surface area contributed by atoms with Gasteiger partial charge < -0.3 is 10.6 Å². The fourth-order valence-electron chi connectivity index (χ4n) is 4.42. The molecule has 4 amide bonds. The number of fused-ring (bicyclic) bond motifs is 1. The van der Waals surface area contributed by atoms with Crippen LogP contribution in [0.2, 0.25) is 0 Å². The van der Waals surface area contributed by atoms with Crippen LogP contribution < -0.4 is 10.6 Å². The predicted octanol–water partition coefficient (Wildman–Crippen LogP) is 6.64. The van der Waals surface area contributed by atoms with Gasteiger partial charge in [0.15, 0.2) is 0 Å². The van der Waals surface area contributed by atoms with Crippen LogP contribution in [0.4, 0.5) is 5.69 Å². The number of benzene rings is 4. The Balaban J connectivity index is 1.22. The number of nitrogens with zero attached hydrogens (tertiary/aromatic N) is 1. The van der Waals surface area contributed by atoms with Crippen LogP contribution in [0, 0.1) is 0 Å². The fraction of sp³-hybridized carbons (Fsp3) is 0.0909. The van der Waals surface area contributed by atoms with Gasteiger partial charge in [0.05, 0.1) is 11.1 Å². The van der Waals surface area contributed by atoms with Gasteiger partial charge in [0.1, 0.15) is 5.70 Å². The Labute approximate surface area is 256 Å². The van der Waals surface area contributed by atoms with Crippen LogP contribution in [-0.4, -0.2) is 40.8 Å². The molecule has 0 saturated heterocycles. The molecule has 42 heavy (non-hydrogen) atoms. The zero-order chi connectivity index (χ0) is 29.5. The summed E-state index contributed by atoms with van der Waals surface area (Å²) in [5.74, 6) is -0.694. The first-order chi connectivity index (χ1) is 20.4. The van der Waals surface area contributed by atoms with Gasteiger partial charge in [-0.3, -0.25) is 24.1 Å². The van der Waals surface area contributed by atoms with Crippen LogP contribution in [0.15, 0.2) is 118 Å². The summed E-state index contributed by atoms with van der Waals surface area (Å²) in [6, 6.07) is 30.4. The highest BCUT2D eigenvalue weighted by molar-refractivity contribution is 9.10. The molecule has 9 heteroatoms. The number of nitrogens with one attached hydrogen (secondary N) is 2. The number of carbonyl (C=O) groups excluding carboxylic acids is 4. The van der Waals surface area contributed by atoms with Crippen molar-refractivity contribution in [3.8, 4) is 0 Å². The van der Waals surface area contributed by atoms with E-state index in [9.17, 15) is 19.2 Å². The second-order valence-corrected chi connectivity index (χ2v) is 11.5. The molecule has 0 unspecified atom stereocenters. The first kappa shape index (κ1) is 29.0. The monoisotopic (exact) mass is 639 g/mol. The van der Waals surface area contributed by atoms with Crippen molar-refractivity contribution < 1.29 is 19.2 Å². The molecule has 0 fully saturated rings. The third-order valence-electron chi connectivity index (χ3n) is 6.45. The summed E-state index contributed by atoms with van der Waals surface area (Å²) in [6.07, 6.45) is 2.25. The molecule has 0 aromatic heterocycles. The summed E-state index contributed by atoms with van der Waals surface area (Å²) in [5.41, 5.74) is 2.74. The molecule has 1 aliphatic rings. The van der Waals surface area contributed by atoms with E-state index in [1.165, 1.54) is 4.90 Å². The molecule has 4 aromatic rings. The SMILES string of the molecule is O=C(Nc1cccc(SCCCN2C(=O)c3ccccc3C2=O)c1)/C(=C\c1cccc(Br)c1)NC(=O)c1ccccc1. The van der Waals surface area contributed by atoms with E-state index in [1.807, 2.05) is 48.5 Å². The molecule has 7 nitrogen and oxygen atoms in total. The van der Waals surface area contributed by atoms with Gasteiger partial charge in [0.2, 0.25) is 0 Å². The second kappa shape index (κ2) is 13.5. The molecule has 0 bridgehead atoms. The maximum atomic E-state index is 13.4. The van der Waals surface area contributed by atoms with Gasteiger partial charge in [-0.1, -0.05) is 64.5 Å². The molecule has 2 N–H and O–H groups in total. The largest absolute Gasteiger partial charge is 0.321 e. The Bertz CT molecular complexity index is 1650. The molecular formula is C33H26BrN3O4S. The van der Waals surface area contributed by atoms with Crippen LogP contribution in [0.3, 0.4) is 0 Å². The number of rotatable bonds is 10. The van der Waals surface area contributed by atoms with E-state index in [-0.39, 0.29) is 17.5 Å². The molecule has 0 atom stereocenters. The second-order valence-electron chi connectivity index (χ2n) is 9.42. The molecule has 4 aromatic carbocycles. The van der Waals surface area contributed by atoms with Crippen LogP contribution in [0.1, 0.15) is 43.1 Å². The normalized spacial score (nSPS) is 12.7. The van der Waals surface area contributed by atoms with Crippen molar-refractivity contribution in [3.05, 3.63) is 136 Å². The summed E-state index contributed by atoms with van der Waals surface area (Å²) in [6.45, 7) is 0.334. The molecule has 1 aliphatic heterocycles. The van der Waals surface area contributed by atoms with E-state index in [0.717, 1.165) is 14.9 Å². The summed E-state index contributed by atoms with van der Waals surface area (Å²) < 4.78 is 0.845. The van der Waals surface area contributed by atoms with Gasteiger partial charge in [0, 0.05) is 27.2 Å². The van der Waals surface area contributed by atoms with E-state index in [4.69, 9.17) is 0 Å². The molecule has 0 radical (unpaired) electrons. The van der Waals surface area contributed by atoms with E-state index < -0.39 is 11.8 Å². The van der Waals surface area contributed by atoms with E-state index in [1.54, 1.807) is 72.4 Å². The Morgan fingerprint density at radius 2 is 1.50 bits per heavy atom. The van der Waals surface area contributed by atoms with Crippen molar-refractivity contribution >= 4 is 63.1 Å². The average molecular weight is 641 g/mol. The highest BCUT2D eigenvalue weighted by Crippen LogP contribution is 2.25. The van der Waals surface area contributed by atoms with Gasteiger partial charge in [0.25, 0.3) is 23.6 Å². The Hall–Kier alpha value is -4.47. The zero-order valence-corrected chi connectivity index (χ0v) is 24.8. The molecule has 0 spiro atoms. The van der Waals surface area contributed by atoms with Crippen LogP contribution in [0.25, 0.3) is 6.08 Å². The van der Waals surface area contributed by atoms with Crippen LogP contribution >= 0.6 is 27.7 Å². The minimum atomic E-state index is -0.466. The van der Waals surface area contributed by atoms with Gasteiger partial charge in [-0.25, -0.2) is 0 Å². The Morgan fingerprint density at radius 3 is 2.21 bits per heavy atom. The first-order valence-corrected chi connectivity index (χ1v) is 15.0. The van der Waals surface area contributed by atoms with Gasteiger partial charge >= 0.3 is 0 Å². The van der Waals surface area contributed by atoms with Crippen LogP contribution in [0.5, 0.6) is 0 Å². The number of amides is 4. The summed E-state index contributed by atoms with van der Waals surface area (Å²) >= 11 is 5.00. The minimum Gasteiger partial charge on any atom is -0.321 e. The third-order valence-corrected chi connectivity index (χ3v) is 8.03.